The Bertz CT molecular complexity index is 1200. The number of halogens is 4. The minimum absolute atomic E-state index is 0.0241. The Morgan fingerprint density at radius 3 is 2.53 bits per heavy atom. The topological polar surface area (TPSA) is 70.6 Å². The molecule has 0 unspecified atom stereocenters. The van der Waals surface area contributed by atoms with Crippen molar-refractivity contribution in [3.05, 3.63) is 52.5 Å². The second kappa shape index (κ2) is 9.65. The van der Waals surface area contributed by atoms with Gasteiger partial charge in [-0.15, -0.1) is 13.2 Å². The Labute approximate surface area is 203 Å². The minimum Gasteiger partial charge on any atom is -0.405 e. The van der Waals surface area contributed by atoms with Gasteiger partial charge in [0.25, 0.3) is 5.91 Å². The summed E-state index contributed by atoms with van der Waals surface area (Å²) in [7, 11) is 3.84. The number of rotatable bonds is 5. The monoisotopic (exact) mass is 537 g/mol. The molecule has 3 aromatic rings. The summed E-state index contributed by atoms with van der Waals surface area (Å²) in [5.41, 5.74) is 0.698. The molecule has 1 aliphatic heterocycles. The lowest BCUT2D eigenvalue weighted by Crippen LogP contribution is -2.42. The van der Waals surface area contributed by atoms with Gasteiger partial charge in [-0.05, 0) is 43.2 Å². The first-order valence-corrected chi connectivity index (χ1v) is 11.5. The van der Waals surface area contributed by atoms with Crippen LogP contribution >= 0.6 is 15.9 Å². The Balaban J connectivity index is 1.45. The number of piperidine rings is 1. The quantitative estimate of drug-likeness (QED) is 0.489. The number of aromatic nitrogens is 2. The number of benzene rings is 2. The molecule has 0 aliphatic carbocycles. The van der Waals surface area contributed by atoms with E-state index < -0.39 is 18.0 Å². The summed E-state index contributed by atoms with van der Waals surface area (Å²) in [6.45, 7) is 0.762. The van der Waals surface area contributed by atoms with E-state index in [1.807, 2.05) is 43.3 Å². The van der Waals surface area contributed by atoms with Crippen molar-refractivity contribution in [2.45, 2.75) is 25.2 Å². The van der Waals surface area contributed by atoms with Crippen molar-refractivity contribution in [1.82, 2.24) is 14.9 Å². The molecule has 0 radical (unpaired) electrons. The largest absolute Gasteiger partial charge is 0.573 e. The number of alkyl halides is 3. The van der Waals surface area contributed by atoms with Crippen LogP contribution in [0.1, 0.15) is 23.2 Å². The second-order valence-electron chi connectivity index (χ2n) is 8.18. The number of hydrogen-bond acceptors (Lipinski definition) is 6. The van der Waals surface area contributed by atoms with Crippen LogP contribution in [0.2, 0.25) is 0 Å². The molecule has 180 valence electrons. The molecule has 1 aliphatic rings. The van der Waals surface area contributed by atoms with Gasteiger partial charge in [0.15, 0.2) is 0 Å². The third-order valence-corrected chi connectivity index (χ3v) is 6.02. The highest BCUT2D eigenvalue weighted by Gasteiger charge is 2.34. The number of hydrogen-bond donors (Lipinski definition) is 1. The zero-order valence-electron chi connectivity index (χ0n) is 18.6. The van der Waals surface area contributed by atoms with Crippen LogP contribution in [0, 0.1) is 0 Å². The lowest BCUT2D eigenvalue weighted by molar-refractivity contribution is -0.274. The summed E-state index contributed by atoms with van der Waals surface area (Å²) in [5.74, 6) is 0.282. The van der Waals surface area contributed by atoms with Gasteiger partial charge in [-0.25, -0.2) is 4.98 Å². The van der Waals surface area contributed by atoms with Gasteiger partial charge in [-0.2, -0.15) is 4.98 Å². The first-order valence-electron chi connectivity index (χ1n) is 10.7. The maximum atomic E-state index is 13.0. The molecule has 1 amide bonds. The summed E-state index contributed by atoms with van der Waals surface area (Å²) >= 11 is 3.12. The van der Waals surface area contributed by atoms with Crippen LogP contribution in [0.4, 0.5) is 24.9 Å². The van der Waals surface area contributed by atoms with Crippen molar-refractivity contribution < 1.29 is 22.7 Å². The fourth-order valence-electron chi connectivity index (χ4n) is 3.93. The molecular weight excluding hydrogens is 515 g/mol. The number of anilines is 2. The Hall–Kier alpha value is -3.08. The van der Waals surface area contributed by atoms with Crippen LogP contribution in [-0.2, 0) is 0 Å². The predicted molar refractivity (Wildman–Crippen MR) is 127 cm³/mol. The van der Waals surface area contributed by atoms with E-state index in [1.54, 1.807) is 0 Å². The van der Waals surface area contributed by atoms with Gasteiger partial charge >= 0.3 is 6.36 Å². The maximum absolute atomic E-state index is 13.0. The standard InChI is InChI=1S/C23H23BrF3N5O2/c1-31(2)20-16-5-3-4-6-18(16)29-22(30-20)28-15-9-11-32(12-10-15)21(33)17-8-7-14(24)13-19(17)34-23(25,26)27/h3-8,13,15H,9-12H2,1-2H3,(H,28,29,30). The molecule has 1 aromatic heterocycles. The molecule has 0 bridgehead atoms. The summed E-state index contributed by atoms with van der Waals surface area (Å²) in [6, 6.07) is 11.8. The molecule has 11 heteroatoms. The molecule has 34 heavy (non-hydrogen) atoms. The first-order chi connectivity index (χ1) is 16.1. The third-order valence-electron chi connectivity index (χ3n) is 5.52. The van der Waals surface area contributed by atoms with Gasteiger partial charge < -0.3 is 19.9 Å². The molecule has 2 heterocycles. The number of ether oxygens (including phenoxy) is 1. The van der Waals surface area contributed by atoms with E-state index in [1.165, 1.54) is 17.0 Å². The molecule has 1 saturated heterocycles. The van der Waals surface area contributed by atoms with Crippen molar-refractivity contribution >= 4 is 44.5 Å². The highest BCUT2D eigenvalue weighted by molar-refractivity contribution is 9.10. The van der Waals surface area contributed by atoms with E-state index in [4.69, 9.17) is 0 Å². The van der Waals surface area contributed by atoms with Crippen LogP contribution in [-0.4, -0.2) is 60.4 Å². The number of likely N-dealkylation sites (tertiary alicyclic amines) is 1. The Morgan fingerprint density at radius 2 is 1.85 bits per heavy atom. The minimum atomic E-state index is -4.89. The highest BCUT2D eigenvalue weighted by atomic mass is 79.9. The number of nitrogens with zero attached hydrogens (tertiary/aromatic N) is 4. The van der Waals surface area contributed by atoms with E-state index in [-0.39, 0.29) is 11.6 Å². The van der Waals surface area contributed by atoms with Crippen molar-refractivity contribution in [2.24, 2.45) is 0 Å². The van der Waals surface area contributed by atoms with Gasteiger partial charge in [-0.1, -0.05) is 28.1 Å². The second-order valence-corrected chi connectivity index (χ2v) is 9.10. The van der Waals surface area contributed by atoms with Crippen LogP contribution < -0.4 is 15.0 Å². The summed E-state index contributed by atoms with van der Waals surface area (Å²) in [4.78, 5) is 25.7. The molecule has 2 aromatic carbocycles. The van der Waals surface area contributed by atoms with Crippen molar-refractivity contribution in [3.8, 4) is 5.75 Å². The van der Waals surface area contributed by atoms with Crippen LogP contribution in [0.3, 0.4) is 0 Å². The van der Waals surface area contributed by atoms with Crippen molar-refractivity contribution in [2.75, 3.05) is 37.4 Å². The molecule has 1 fully saturated rings. The van der Waals surface area contributed by atoms with E-state index in [9.17, 15) is 18.0 Å². The van der Waals surface area contributed by atoms with E-state index in [0.717, 1.165) is 22.8 Å². The number of para-hydroxylation sites is 1. The zero-order chi connectivity index (χ0) is 24.5. The highest BCUT2D eigenvalue weighted by Crippen LogP contribution is 2.31. The number of nitrogens with one attached hydrogen (secondary N) is 1. The lowest BCUT2D eigenvalue weighted by Gasteiger charge is -2.33. The van der Waals surface area contributed by atoms with E-state index >= 15 is 0 Å². The average Bonchev–Trinajstić information content (AvgIpc) is 2.77. The molecule has 0 spiro atoms. The maximum Gasteiger partial charge on any atom is 0.573 e. The lowest BCUT2D eigenvalue weighted by atomic mass is 10.0. The fraction of sp³-hybridized carbons (Fsp3) is 0.348. The summed E-state index contributed by atoms with van der Waals surface area (Å²) in [6.07, 6.45) is -3.69. The number of amides is 1. The first kappa shape index (κ1) is 24.1. The van der Waals surface area contributed by atoms with Gasteiger partial charge in [0.05, 0.1) is 11.1 Å². The normalized spacial score (nSPS) is 14.8. The third kappa shape index (κ3) is 5.52. The number of carbonyl (C=O) groups is 1. The predicted octanol–water partition coefficient (Wildman–Crippen LogP) is 5.07. The number of carbonyl (C=O) groups excluding carboxylic acids is 1. The van der Waals surface area contributed by atoms with Gasteiger partial charge in [0, 0.05) is 43.1 Å². The fourth-order valence-corrected chi connectivity index (χ4v) is 4.27. The number of fused-ring (bicyclic) bond motifs is 1. The van der Waals surface area contributed by atoms with Crippen LogP contribution in [0.15, 0.2) is 46.9 Å². The van der Waals surface area contributed by atoms with Gasteiger partial charge in [-0.3, -0.25) is 4.79 Å². The molecular formula is C23H23BrF3N5O2. The molecule has 7 nitrogen and oxygen atoms in total. The summed E-state index contributed by atoms with van der Waals surface area (Å²) in [5, 5.41) is 4.30. The molecule has 4 rings (SSSR count). The van der Waals surface area contributed by atoms with Crippen molar-refractivity contribution in [3.63, 3.8) is 0 Å². The Morgan fingerprint density at radius 1 is 1.15 bits per heavy atom. The van der Waals surface area contributed by atoms with Gasteiger partial charge in [0.1, 0.15) is 11.6 Å². The smallest absolute Gasteiger partial charge is 0.405 e. The molecule has 1 N–H and O–H groups in total. The van der Waals surface area contributed by atoms with Crippen LogP contribution in [0.5, 0.6) is 5.75 Å². The van der Waals surface area contributed by atoms with Crippen LogP contribution in [0.25, 0.3) is 10.9 Å². The molecule has 0 atom stereocenters. The molecule has 0 saturated carbocycles. The average molecular weight is 538 g/mol. The van der Waals surface area contributed by atoms with E-state index in [2.05, 4.69) is 36.0 Å². The van der Waals surface area contributed by atoms with E-state index in [0.29, 0.717) is 36.4 Å². The Kier molecular flexibility index (Phi) is 6.83. The SMILES string of the molecule is CN(C)c1nc(NC2CCN(C(=O)c3ccc(Br)cc3OC(F)(F)F)CC2)nc2ccccc12. The van der Waals surface area contributed by atoms with Gasteiger partial charge in [0.2, 0.25) is 5.95 Å². The zero-order valence-corrected chi connectivity index (χ0v) is 20.2. The summed E-state index contributed by atoms with van der Waals surface area (Å²) < 4.78 is 42.9. The van der Waals surface area contributed by atoms with Crippen molar-refractivity contribution in [1.29, 1.82) is 0 Å².